The van der Waals surface area contributed by atoms with Gasteiger partial charge in [0.05, 0.1) is 0 Å². The molecule has 1 rings (SSSR count). The lowest BCUT2D eigenvalue weighted by Gasteiger charge is -2.40. The van der Waals surface area contributed by atoms with Crippen LogP contribution in [0.5, 0.6) is 0 Å². The molecule has 96 valence electrons. The van der Waals surface area contributed by atoms with Crippen LogP contribution < -0.4 is 0 Å². The van der Waals surface area contributed by atoms with Gasteiger partial charge in [0.25, 0.3) is 0 Å². The first-order chi connectivity index (χ1) is 7.35. The van der Waals surface area contributed by atoms with Crippen molar-refractivity contribution in [1.82, 2.24) is 0 Å². The Hall–Kier alpha value is -1.04. The fourth-order valence-corrected chi connectivity index (χ4v) is 1.38. The Morgan fingerprint density at radius 1 is 0.824 bits per heavy atom. The molecule has 1 aliphatic carbocycles. The minimum absolute atomic E-state index is 0.297. The average Bonchev–Trinajstić information content (AvgIpc) is 2.15. The number of hydrogen-bond acceptors (Lipinski definition) is 1. The van der Waals surface area contributed by atoms with Crippen LogP contribution in [0.3, 0.4) is 0 Å². The normalized spacial score (nSPS) is 28.7. The van der Waals surface area contributed by atoms with Crippen LogP contribution in [0.2, 0.25) is 0 Å². The molecule has 0 unspecified atom stereocenters. The molecule has 0 aromatic carbocycles. The zero-order chi connectivity index (χ0) is 13.9. The second kappa shape index (κ2) is 3.25. The predicted molar refractivity (Wildman–Crippen MR) is 38.3 cm³/mol. The van der Waals surface area contributed by atoms with Crippen LogP contribution in [0.4, 0.5) is 35.1 Å². The van der Waals surface area contributed by atoms with Crippen molar-refractivity contribution in [2.75, 3.05) is 0 Å². The Labute approximate surface area is 93.3 Å². The summed E-state index contributed by atoms with van der Waals surface area (Å²) in [5.41, 5.74) is -2.57. The third-order valence-corrected chi connectivity index (χ3v) is 2.53. The summed E-state index contributed by atoms with van der Waals surface area (Å²) in [5.74, 6) is -24.3. The Morgan fingerprint density at radius 3 is 1.53 bits per heavy atom. The first kappa shape index (κ1) is 14.0. The number of allylic oxidation sites excluding steroid dienone is 2. The molecule has 0 aliphatic heterocycles. The van der Waals surface area contributed by atoms with Crippen molar-refractivity contribution in [3.63, 3.8) is 0 Å². The molecule has 0 fully saturated rings. The number of nitrogens with zero attached hydrogens (tertiary/aromatic N) is 1. The standard InChI is InChI=1S/C7ClF8N/c8-3-2(1-17)4(9,10)6(13,14)7(15,16)5(3,11)12. The molecule has 0 saturated carbocycles. The summed E-state index contributed by atoms with van der Waals surface area (Å²) in [6, 6.07) is 0.297. The highest BCUT2D eigenvalue weighted by molar-refractivity contribution is 6.31. The largest absolute Gasteiger partial charge is 0.383 e. The average molecular weight is 286 g/mol. The van der Waals surface area contributed by atoms with Crippen molar-refractivity contribution >= 4 is 11.6 Å². The Bertz CT molecular complexity index is 432. The molecular formula is C7ClF8N. The van der Waals surface area contributed by atoms with Crippen LogP contribution in [0, 0.1) is 11.3 Å². The van der Waals surface area contributed by atoms with E-state index in [2.05, 4.69) is 11.6 Å². The molecule has 1 nitrogen and oxygen atoms in total. The Kier molecular flexibility index (Phi) is 2.68. The highest BCUT2D eigenvalue weighted by Gasteiger charge is 2.86. The molecule has 10 heteroatoms. The van der Waals surface area contributed by atoms with Gasteiger partial charge in [0.15, 0.2) is 0 Å². The van der Waals surface area contributed by atoms with Crippen LogP contribution in [0.15, 0.2) is 10.6 Å². The van der Waals surface area contributed by atoms with Crippen LogP contribution in [0.1, 0.15) is 0 Å². The van der Waals surface area contributed by atoms with E-state index in [1.54, 1.807) is 0 Å². The van der Waals surface area contributed by atoms with Crippen LogP contribution >= 0.6 is 11.6 Å². The van der Waals surface area contributed by atoms with Gasteiger partial charge in [-0.3, -0.25) is 0 Å². The number of hydrogen-bond donors (Lipinski definition) is 0. The van der Waals surface area contributed by atoms with Crippen molar-refractivity contribution in [1.29, 1.82) is 5.26 Å². The van der Waals surface area contributed by atoms with Gasteiger partial charge in [-0.15, -0.1) is 0 Å². The highest BCUT2D eigenvalue weighted by atomic mass is 35.5. The van der Waals surface area contributed by atoms with Crippen molar-refractivity contribution in [2.45, 2.75) is 23.7 Å². The van der Waals surface area contributed by atoms with Crippen LogP contribution in [-0.2, 0) is 0 Å². The minimum Gasteiger partial charge on any atom is -0.193 e. The number of rotatable bonds is 0. The van der Waals surface area contributed by atoms with E-state index in [0.29, 0.717) is 6.07 Å². The monoisotopic (exact) mass is 285 g/mol. The molecule has 0 atom stereocenters. The van der Waals surface area contributed by atoms with E-state index in [1.165, 1.54) is 0 Å². The minimum atomic E-state index is -6.42. The third-order valence-electron chi connectivity index (χ3n) is 2.10. The summed E-state index contributed by atoms with van der Waals surface area (Å²) in [6.45, 7) is 0. The summed E-state index contributed by atoms with van der Waals surface area (Å²) in [4.78, 5) is 0. The molecular weight excluding hydrogens is 286 g/mol. The molecule has 1 aliphatic rings. The van der Waals surface area contributed by atoms with Gasteiger partial charge in [0, 0.05) is 0 Å². The van der Waals surface area contributed by atoms with Gasteiger partial charge in [0.2, 0.25) is 0 Å². The Morgan fingerprint density at radius 2 is 1.18 bits per heavy atom. The maximum atomic E-state index is 12.8. The smallest absolute Gasteiger partial charge is 0.193 e. The predicted octanol–water partition coefficient (Wildman–Crippen LogP) is 3.56. The lowest BCUT2D eigenvalue weighted by molar-refractivity contribution is -0.355. The van der Waals surface area contributed by atoms with E-state index in [-0.39, 0.29) is 0 Å². The number of halogens is 9. The second-order valence-corrected chi connectivity index (χ2v) is 3.48. The van der Waals surface area contributed by atoms with Crippen molar-refractivity contribution in [2.24, 2.45) is 0 Å². The zero-order valence-electron chi connectivity index (χ0n) is 7.35. The molecule has 0 heterocycles. The van der Waals surface area contributed by atoms with E-state index in [1.807, 2.05) is 0 Å². The third kappa shape index (κ3) is 1.30. The number of alkyl halides is 8. The molecule has 0 N–H and O–H groups in total. The SMILES string of the molecule is N#CC1=C(Cl)C(F)(F)C(F)(F)C(F)(F)C1(F)F. The van der Waals surface area contributed by atoms with E-state index in [9.17, 15) is 35.1 Å². The topological polar surface area (TPSA) is 23.8 Å². The first-order valence-corrected chi connectivity index (χ1v) is 4.05. The molecule has 0 aromatic rings. The second-order valence-electron chi connectivity index (χ2n) is 3.10. The molecule has 0 saturated heterocycles. The highest BCUT2D eigenvalue weighted by Crippen LogP contribution is 2.62. The van der Waals surface area contributed by atoms with Gasteiger partial charge in [-0.2, -0.15) is 40.4 Å². The van der Waals surface area contributed by atoms with E-state index in [0.717, 1.165) is 0 Å². The van der Waals surface area contributed by atoms with E-state index >= 15 is 0 Å². The summed E-state index contributed by atoms with van der Waals surface area (Å²) >= 11 is 4.48. The number of nitriles is 1. The first-order valence-electron chi connectivity index (χ1n) is 3.67. The fourth-order valence-electron chi connectivity index (χ4n) is 1.10. The lowest BCUT2D eigenvalue weighted by atomic mass is 9.86. The summed E-state index contributed by atoms with van der Waals surface area (Å²) in [7, 11) is 0. The maximum Gasteiger partial charge on any atom is 0.383 e. The maximum absolute atomic E-state index is 12.8. The van der Waals surface area contributed by atoms with Gasteiger partial charge < -0.3 is 0 Å². The quantitative estimate of drug-likeness (QED) is 0.624. The lowest BCUT2D eigenvalue weighted by Crippen LogP contribution is -2.66. The summed E-state index contributed by atoms with van der Waals surface area (Å²) < 4.78 is 102. The summed E-state index contributed by atoms with van der Waals surface area (Å²) in [5, 5.41) is 5.47. The fraction of sp³-hybridized carbons (Fsp3) is 0.571. The van der Waals surface area contributed by atoms with Crippen molar-refractivity contribution in [3.05, 3.63) is 10.6 Å². The molecule has 0 spiro atoms. The van der Waals surface area contributed by atoms with Crippen LogP contribution in [0.25, 0.3) is 0 Å². The van der Waals surface area contributed by atoms with Gasteiger partial charge >= 0.3 is 23.7 Å². The molecule has 17 heavy (non-hydrogen) atoms. The summed E-state index contributed by atoms with van der Waals surface area (Å²) in [6.07, 6.45) is 0. The van der Waals surface area contributed by atoms with Gasteiger partial charge in [-0.05, 0) is 0 Å². The molecule has 0 radical (unpaired) electrons. The van der Waals surface area contributed by atoms with E-state index in [4.69, 9.17) is 5.26 Å². The zero-order valence-corrected chi connectivity index (χ0v) is 8.10. The molecule has 0 aromatic heterocycles. The van der Waals surface area contributed by atoms with E-state index < -0.39 is 34.3 Å². The Balaban J connectivity index is 3.75. The van der Waals surface area contributed by atoms with Crippen LogP contribution in [-0.4, -0.2) is 23.7 Å². The molecule has 0 amide bonds. The van der Waals surface area contributed by atoms with Crippen molar-refractivity contribution < 1.29 is 35.1 Å². The van der Waals surface area contributed by atoms with Gasteiger partial charge in [-0.1, -0.05) is 11.6 Å². The van der Waals surface area contributed by atoms with Crippen molar-refractivity contribution in [3.8, 4) is 6.07 Å². The van der Waals surface area contributed by atoms with Gasteiger partial charge in [0.1, 0.15) is 16.7 Å². The van der Waals surface area contributed by atoms with Gasteiger partial charge in [-0.25, -0.2) is 0 Å². The molecule has 0 bridgehead atoms.